The van der Waals surface area contributed by atoms with Crippen LogP contribution in [0, 0.1) is 41.5 Å². The molecule has 0 N–H and O–H groups in total. The summed E-state index contributed by atoms with van der Waals surface area (Å²) in [6.45, 7) is 13.5. The first kappa shape index (κ1) is 45.8. The maximum atomic E-state index is 5.63. The fourth-order valence-corrected chi connectivity index (χ4v) is 11.0. The van der Waals surface area contributed by atoms with Crippen LogP contribution in [0.4, 0.5) is 17.3 Å². The molecule has 0 unspecified atom stereocenters. The number of fused-ring (bicyclic) bond motifs is 1. The van der Waals surface area contributed by atoms with Crippen molar-refractivity contribution in [2.75, 3.05) is 4.90 Å². The van der Waals surface area contributed by atoms with E-state index in [1.54, 1.807) is 0 Å². The van der Waals surface area contributed by atoms with E-state index in [0.717, 1.165) is 66.7 Å². The molecule has 72 heavy (non-hydrogen) atoms. The predicted octanol–water partition coefficient (Wildman–Crippen LogP) is 15.2. The first-order valence-corrected chi connectivity index (χ1v) is 24.9. The fraction of sp³-hybridized carbons (Fsp3) is 0.0896. The summed E-state index contributed by atoms with van der Waals surface area (Å²) in [6.07, 6.45) is 0. The molecule has 0 aliphatic heterocycles. The minimum atomic E-state index is 0.0134. The number of hydrogen-bond acceptors (Lipinski definition) is 4. The van der Waals surface area contributed by atoms with Gasteiger partial charge in [0.1, 0.15) is 0 Å². The minimum Gasteiger partial charge on any atom is -0.278 e. The van der Waals surface area contributed by atoms with Crippen molar-refractivity contribution in [2.45, 2.75) is 41.5 Å². The second-order valence-corrected chi connectivity index (χ2v) is 19.2. The average Bonchev–Trinajstić information content (AvgIpc) is 3.40. The van der Waals surface area contributed by atoms with Crippen LogP contribution in [-0.4, -0.2) is 21.7 Å². The van der Waals surface area contributed by atoms with Crippen LogP contribution < -0.4 is 21.3 Å². The van der Waals surface area contributed by atoms with Crippen LogP contribution in [0.5, 0.6) is 0 Å². The lowest BCUT2D eigenvalue weighted by molar-refractivity contribution is 1.02. The molecule has 0 fully saturated rings. The van der Waals surface area contributed by atoms with Crippen molar-refractivity contribution in [1.29, 1.82) is 0 Å². The Morgan fingerprint density at radius 1 is 0.333 bits per heavy atom. The highest BCUT2D eigenvalue weighted by molar-refractivity contribution is 6.96. The summed E-state index contributed by atoms with van der Waals surface area (Å²) in [7, 11) is 0. The van der Waals surface area contributed by atoms with E-state index in [4.69, 9.17) is 15.0 Å². The Balaban J connectivity index is 1.19. The van der Waals surface area contributed by atoms with Crippen LogP contribution >= 0.6 is 0 Å². The van der Waals surface area contributed by atoms with Crippen LogP contribution in [0.25, 0.3) is 66.9 Å². The van der Waals surface area contributed by atoms with Crippen molar-refractivity contribution in [1.82, 2.24) is 15.0 Å². The number of para-hydroxylation sites is 1. The molecule has 11 rings (SSSR count). The molecule has 0 bridgehead atoms. The first-order chi connectivity index (χ1) is 35.2. The van der Waals surface area contributed by atoms with Gasteiger partial charge in [-0.2, -0.15) is 9.97 Å². The van der Waals surface area contributed by atoms with Gasteiger partial charge in [0.2, 0.25) is 12.7 Å². The Hall–Kier alpha value is -8.67. The lowest BCUT2D eigenvalue weighted by Gasteiger charge is -2.28. The lowest BCUT2D eigenvalue weighted by atomic mass is 9.34. The summed E-state index contributed by atoms with van der Waals surface area (Å²) in [5.41, 5.74) is 21.8. The van der Waals surface area contributed by atoms with Crippen molar-refractivity contribution in [3.8, 4) is 56.2 Å². The number of benzene rings is 10. The van der Waals surface area contributed by atoms with E-state index in [2.05, 4.69) is 271 Å². The van der Waals surface area contributed by atoms with Gasteiger partial charge in [-0.25, -0.2) is 4.98 Å². The molecular formula is C67H55BN4. The van der Waals surface area contributed by atoms with Gasteiger partial charge in [0.05, 0.1) is 5.69 Å². The molecule has 0 atom stereocenters. The highest BCUT2D eigenvalue weighted by atomic mass is 15.3. The van der Waals surface area contributed by atoms with E-state index in [1.165, 1.54) is 49.8 Å². The molecule has 10 aromatic carbocycles. The van der Waals surface area contributed by atoms with Crippen LogP contribution in [-0.2, 0) is 0 Å². The summed E-state index contributed by atoms with van der Waals surface area (Å²) in [4.78, 5) is 19.0. The molecule has 0 amide bonds. The molecule has 1 aromatic heterocycles. The molecule has 1 heterocycles. The van der Waals surface area contributed by atoms with Crippen molar-refractivity contribution in [3.05, 3.63) is 258 Å². The third-order valence-electron chi connectivity index (χ3n) is 14.1. The number of aromatic nitrogens is 3. The third-order valence-corrected chi connectivity index (χ3v) is 14.1. The number of rotatable bonds is 11. The summed E-state index contributed by atoms with van der Waals surface area (Å²) >= 11 is 0. The molecule has 5 heteroatoms. The maximum Gasteiger partial charge on any atom is 0.242 e. The second-order valence-electron chi connectivity index (χ2n) is 19.2. The van der Waals surface area contributed by atoms with E-state index in [9.17, 15) is 0 Å². The van der Waals surface area contributed by atoms with Gasteiger partial charge in [0, 0.05) is 22.4 Å². The van der Waals surface area contributed by atoms with E-state index in [1.807, 2.05) is 0 Å². The monoisotopic (exact) mass is 926 g/mol. The molecule has 0 aliphatic rings. The maximum absolute atomic E-state index is 5.63. The fourth-order valence-electron chi connectivity index (χ4n) is 11.0. The van der Waals surface area contributed by atoms with Gasteiger partial charge >= 0.3 is 0 Å². The quantitative estimate of drug-likeness (QED) is 0.121. The SMILES string of the molecule is Cc1cc(C)c(B(c2ccc(N(c3nc(-c4ccccc4-c4ccccc4)nc(-c4cc5ccccc5cc4-c4ccccc4)n3)c3ccccc3-c3ccccc3)cc2)c2c(C)cc(C)cc2C)c(C)c1. The average molecular weight is 927 g/mol. The second kappa shape index (κ2) is 19.6. The van der Waals surface area contributed by atoms with E-state index >= 15 is 0 Å². The Labute approximate surface area is 424 Å². The zero-order chi connectivity index (χ0) is 49.3. The summed E-state index contributed by atoms with van der Waals surface area (Å²) in [6, 6.07) is 80.2. The topological polar surface area (TPSA) is 41.9 Å². The van der Waals surface area contributed by atoms with Crippen LogP contribution in [0.2, 0.25) is 0 Å². The predicted molar refractivity (Wildman–Crippen MR) is 305 cm³/mol. The Morgan fingerprint density at radius 3 is 1.26 bits per heavy atom. The highest BCUT2D eigenvalue weighted by Gasteiger charge is 2.30. The third kappa shape index (κ3) is 8.91. The number of hydrogen-bond donors (Lipinski definition) is 0. The van der Waals surface area contributed by atoms with E-state index in [0.29, 0.717) is 17.6 Å². The Morgan fingerprint density at radius 2 is 0.736 bits per heavy atom. The summed E-state index contributed by atoms with van der Waals surface area (Å²) < 4.78 is 0. The number of aryl methyl sites for hydroxylation is 6. The standard InChI is InChI=1S/C67H55BN4/c1-44-38-46(3)63(47(4)39-44)68(64-48(5)40-45(2)41-49(64)6)55-34-36-56(37-35-55)72(62-33-21-20-31-58(62)51-24-12-8-13-25-51)67-70-65(59-32-19-18-30-57(59)50-22-10-7-11-23-50)69-66(71-67)61-43-54-29-17-16-28-53(54)42-60(61)52-26-14-9-15-27-52/h7-43H,1-6H3. The van der Waals surface area contributed by atoms with Gasteiger partial charge in [-0.15, -0.1) is 0 Å². The molecule has 0 spiro atoms. The van der Waals surface area contributed by atoms with Crippen molar-refractivity contribution in [2.24, 2.45) is 0 Å². The smallest absolute Gasteiger partial charge is 0.242 e. The molecule has 0 aliphatic carbocycles. The van der Waals surface area contributed by atoms with Crippen LogP contribution in [0.1, 0.15) is 33.4 Å². The zero-order valence-corrected chi connectivity index (χ0v) is 41.7. The molecule has 4 nitrogen and oxygen atoms in total. The summed E-state index contributed by atoms with van der Waals surface area (Å²) in [5, 5.41) is 2.25. The number of anilines is 3. The Kier molecular flexibility index (Phi) is 12.5. The number of nitrogens with zero attached hydrogens (tertiary/aromatic N) is 4. The van der Waals surface area contributed by atoms with Crippen LogP contribution in [0.15, 0.2) is 224 Å². The molecule has 346 valence electrons. The first-order valence-electron chi connectivity index (χ1n) is 24.9. The molecule has 0 saturated heterocycles. The van der Waals surface area contributed by atoms with Crippen molar-refractivity contribution in [3.63, 3.8) is 0 Å². The molecular weight excluding hydrogens is 872 g/mol. The largest absolute Gasteiger partial charge is 0.278 e. The molecule has 0 radical (unpaired) electrons. The van der Waals surface area contributed by atoms with Gasteiger partial charge in [-0.05, 0) is 110 Å². The summed E-state index contributed by atoms with van der Waals surface area (Å²) in [5.74, 6) is 1.67. The normalized spacial score (nSPS) is 11.2. The van der Waals surface area contributed by atoms with Gasteiger partial charge in [-0.1, -0.05) is 244 Å². The Bertz CT molecular complexity index is 3650. The van der Waals surface area contributed by atoms with Gasteiger partial charge < -0.3 is 0 Å². The van der Waals surface area contributed by atoms with Crippen molar-refractivity contribution >= 4 is 51.2 Å². The van der Waals surface area contributed by atoms with Gasteiger partial charge in [0.25, 0.3) is 0 Å². The lowest BCUT2D eigenvalue weighted by Crippen LogP contribution is -2.55. The van der Waals surface area contributed by atoms with Gasteiger partial charge in [-0.3, -0.25) is 4.90 Å². The van der Waals surface area contributed by atoms with E-state index in [-0.39, 0.29) is 6.71 Å². The van der Waals surface area contributed by atoms with Crippen molar-refractivity contribution < 1.29 is 0 Å². The molecule has 11 aromatic rings. The van der Waals surface area contributed by atoms with Crippen LogP contribution in [0.3, 0.4) is 0 Å². The highest BCUT2D eigenvalue weighted by Crippen LogP contribution is 2.42. The minimum absolute atomic E-state index is 0.0134. The molecule has 0 saturated carbocycles. The zero-order valence-electron chi connectivity index (χ0n) is 41.7. The van der Waals surface area contributed by atoms with Gasteiger partial charge in [0.15, 0.2) is 11.6 Å². The van der Waals surface area contributed by atoms with E-state index < -0.39 is 0 Å².